The number of nitrogens with zero attached hydrogens (tertiary/aromatic N) is 2. The Morgan fingerprint density at radius 2 is 1.70 bits per heavy atom. The fourth-order valence-electron chi connectivity index (χ4n) is 3.72. The van der Waals surface area contributed by atoms with Crippen LogP contribution in [0.1, 0.15) is 26.4 Å². The summed E-state index contributed by atoms with van der Waals surface area (Å²) in [5.74, 6) is -2.22. The van der Waals surface area contributed by atoms with Crippen LogP contribution in [0.2, 0.25) is 0 Å². The number of halogens is 6. The van der Waals surface area contributed by atoms with Crippen LogP contribution in [0.15, 0.2) is 54.7 Å². The van der Waals surface area contributed by atoms with Gasteiger partial charge in [-0.15, -0.1) is 13.2 Å². The van der Waals surface area contributed by atoms with Crippen LogP contribution in [0.5, 0.6) is 11.6 Å². The van der Waals surface area contributed by atoms with E-state index in [2.05, 4.69) is 25.2 Å². The minimum Gasteiger partial charge on any atom is -0.480 e. The second-order valence-electron chi connectivity index (χ2n) is 8.25. The topological polar surface area (TPSA) is 118 Å². The van der Waals surface area contributed by atoms with Gasteiger partial charge in [-0.2, -0.15) is 18.3 Å². The lowest BCUT2D eigenvalue weighted by atomic mass is 10.0. The number of para-hydroxylation sites is 1. The molecule has 2 aromatic heterocycles. The first-order valence-electron chi connectivity index (χ1n) is 11.3. The van der Waals surface area contributed by atoms with Crippen molar-refractivity contribution in [3.63, 3.8) is 0 Å². The van der Waals surface area contributed by atoms with Gasteiger partial charge in [-0.25, -0.2) is 4.98 Å². The number of nitrogens with one attached hydrogen (secondary N) is 3. The van der Waals surface area contributed by atoms with Crippen molar-refractivity contribution < 1.29 is 45.4 Å². The number of benzene rings is 2. The highest BCUT2D eigenvalue weighted by Gasteiger charge is 2.32. The molecule has 0 spiro atoms. The number of carbonyl (C=O) groups is 2. The zero-order valence-corrected chi connectivity index (χ0v) is 20.4. The van der Waals surface area contributed by atoms with Gasteiger partial charge >= 0.3 is 12.5 Å². The van der Waals surface area contributed by atoms with Gasteiger partial charge in [0, 0.05) is 29.3 Å². The fraction of sp³-hybridized carbons (Fsp3) is 0.200. The zero-order valence-electron chi connectivity index (χ0n) is 20.4. The van der Waals surface area contributed by atoms with E-state index in [1.54, 1.807) is 17.4 Å². The average molecular weight is 567 g/mol. The maximum absolute atomic E-state index is 13.0. The molecule has 2 heterocycles. The Kier molecular flexibility index (Phi) is 7.84. The van der Waals surface area contributed by atoms with Crippen LogP contribution in [-0.4, -0.2) is 53.2 Å². The summed E-state index contributed by atoms with van der Waals surface area (Å²) in [5.41, 5.74) is 1.09. The number of hydrogen-bond acceptors (Lipinski definition) is 6. The maximum atomic E-state index is 13.0. The highest BCUT2D eigenvalue weighted by atomic mass is 19.4. The van der Waals surface area contributed by atoms with Crippen LogP contribution in [-0.2, 0) is 6.54 Å². The van der Waals surface area contributed by atoms with Crippen LogP contribution in [0.3, 0.4) is 0 Å². The van der Waals surface area contributed by atoms with Gasteiger partial charge in [0.25, 0.3) is 11.8 Å². The molecule has 210 valence electrons. The van der Waals surface area contributed by atoms with Crippen molar-refractivity contribution in [1.29, 1.82) is 0 Å². The van der Waals surface area contributed by atoms with E-state index in [9.17, 15) is 35.9 Å². The van der Waals surface area contributed by atoms with Crippen molar-refractivity contribution in [2.24, 2.45) is 0 Å². The molecule has 0 saturated carbocycles. The molecule has 0 unspecified atom stereocenters. The van der Waals surface area contributed by atoms with Gasteiger partial charge in [0.1, 0.15) is 17.9 Å². The molecule has 0 aliphatic heterocycles. The SMILES string of the molecule is COc1ncc(-c2ccc3c(C(=O)NCC(F)(F)F)n[nH]c3c2)cc1C(=O)NCc1ccccc1OC(F)(F)F. The number of H-pyrrole nitrogens is 1. The number of methoxy groups -OCH3 is 1. The highest BCUT2D eigenvalue weighted by molar-refractivity contribution is 6.05. The van der Waals surface area contributed by atoms with Crippen LogP contribution in [0.25, 0.3) is 22.0 Å². The Bertz CT molecular complexity index is 1550. The quantitative estimate of drug-likeness (QED) is 0.265. The van der Waals surface area contributed by atoms with Crippen molar-refractivity contribution in [3.8, 4) is 22.8 Å². The molecular weight excluding hydrogens is 548 g/mol. The lowest BCUT2D eigenvalue weighted by Crippen LogP contribution is -2.34. The second kappa shape index (κ2) is 11.1. The first-order valence-corrected chi connectivity index (χ1v) is 11.3. The molecule has 2 aromatic carbocycles. The minimum absolute atomic E-state index is 0.0221. The van der Waals surface area contributed by atoms with Crippen LogP contribution >= 0.6 is 0 Å². The molecule has 0 atom stereocenters. The van der Waals surface area contributed by atoms with Gasteiger partial charge in [-0.3, -0.25) is 14.7 Å². The van der Waals surface area contributed by atoms with Gasteiger partial charge < -0.3 is 20.1 Å². The molecule has 40 heavy (non-hydrogen) atoms. The summed E-state index contributed by atoms with van der Waals surface area (Å²) < 4.78 is 84.6. The van der Waals surface area contributed by atoms with Gasteiger partial charge in [0.2, 0.25) is 5.88 Å². The summed E-state index contributed by atoms with van der Waals surface area (Å²) in [7, 11) is 1.28. The summed E-state index contributed by atoms with van der Waals surface area (Å²) in [6.45, 7) is -1.81. The first-order chi connectivity index (χ1) is 18.8. The van der Waals surface area contributed by atoms with E-state index in [1.807, 2.05) is 0 Å². The van der Waals surface area contributed by atoms with E-state index in [0.29, 0.717) is 16.6 Å². The van der Waals surface area contributed by atoms with Crippen molar-refractivity contribution >= 4 is 22.7 Å². The number of aromatic amines is 1. The summed E-state index contributed by atoms with van der Waals surface area (Å²) in [6.07, 6.45) is -8.10. The third-order valence-electron chi connectivity index (χ3n) is 5.49. The van der Waals surface area contributed by atoms with E-state index in [4.69, 9.17) is 4.74 Å². The summed E-state index contributed by atoms with van der Waals surface area (Å²) in [5, 5.41) is 10.9. The largest absolute Gasteiger partial charge is 0.573 e. The summed E-state index contributed by atoms with van der Waals surface area (Å²) >= 11 is 0. The maximum Gasteiger partial charge on any atom is 0.573 e. The van der Waals surface area contributed by atoms with E-state index in [1.165, 1.54) is 43.6 Å². The van der Waals surface area contributed by atoms with Crippen LogP contribution < -0.4 is 20.1 Å². The Hall–Kier alpha value is -4.82. The molecule has 0 aliphatic carbocycles. The van der Waals surface area contributed by atoms with Gasteiger partial charge in [-0.1, -0.05) is 24.3 Å². The molecule has 0 fully saturated rings. The standard InChI is InChI=1S/C25H19F6N5O4/c1-39-23-17(21(37)32-10-14-4-2-3-5-19(14)40-25(29,30)31)8-15(11-33-23)13-6-7-16-18(9-13)35-36-20(16)22(38)34-12-24(26,27)28/h2-9,11H,10,12H2,1H3,(H,32,37)(H,34,38)(H,35,36). The van der Waals surface area contributed by atoms with E-state index in [0.717, 1.165) is 6.07 Å². The fourth-order valence-corrected chi connectivity index (χ4v) is 3.72. The lowest BCUT2D eigenvalue weighted by Gasteiger charge is -2.14. The molecule has 4 rings (SSSR count). The average Bonchev–Trinajstić information content (AvgIpc) is 3.33. The number of hydrogen-bond donors (Lipinski definition) is 3. The predicted molar refractivity (Wildman–Crippen MR) is 129 cm³/mol. The Morgan fingerprint density at radius 1 is 0.950 bits per heavy atom. The molecule has 0 saturated heterocycles. The van der Waals surface area contributed by atoms with Crippen molar-refractivity contribution in [1.82, 2.24) is 25.8 Å². The van der Waals surface area contributed by atoms with E-state index in [-0.39, 0.29) is 34.6 Å². The van der Waals surface area contributed by atoms with E-state index >= 15 is 0 Å². The number of fused-ring (bicyclic) bond motifs is 1. The molecule has 2 amide bonds. The third kappa shape index (κ3) is 6.78. The third-order valence-corrected chi connectivity index (χ3v) is 5.49. The molecule has 0 radical (unpaired) electrons. The molecule has 9 nitrogen and oxygen atoms in total. The molecule has 3 N–H and O–H groups in total. The van der Waals surface area contributed by atoms with Gasteiger partial charge in [0.05, 0.1) is 12.6 Å². The van der Waals surface area contributed by atoms with Crippen LogP contribution in [0, 0.1) is 0 Å². The van der Waals surface area contributed by atoms with Crippen molar-refractivity contribution in [3.05, 3.63) is 71.5 Å². The van der Waals surface area contributed by atoms with Crippen molar-refractivity contribution in [2.75, 3.05) is 13.7 Å². The highest BCUT2D eigenvalue weighted by Crippen LogP contribution is 2.29. The number of aromatic nitrogens is 3. The monoisotopic (exact) mass is 567 g/mol. The van der Waals surface area contributed by atoms with Gasteiger partial charge in [-0.05, 0) is 29.8 Å². The molecule has 0 aliphatic rings. The number of carbonyl (C=O) groups excluding carboxylic acids is 2. The smallest absolute Gasteiger partial charge is 0.480 e. The molecule has 15 heteroatoms. The second-order valence-corrected chi connectivity index (χ2v) is 8.25. The Labute approximate surface area is 221 Å². The summed E-state index contributed by atoms with van der Waals surface area (Å²) in [6, 6.07) is 11.3. The normalized spacial score (nSPS) is 11.8. The Balaban J connectivity index is 1.55. The number of pyridine rings is 1. The molecular formula is C25H19F6N5O4. The first kappa shape index (κ1) is 28.2. The van der Waals surface area contributed by atoms with E-state index < -0.39 is 36.6 Å². The van der Waals surface area contributed by atoms with Crippen LogP contribution in [0.4, 0.5) is 26.3 Å². The number of rotatable bonds is 8. The number of ether oxygens (including phenoxy) is 2. The number of amides is 2. The van der Waals surface area contributed by atoms with Gasteiger partial charge in [0.15, 0.2) is 5.69 Å². The number of alkyl halides is 6. The predicted octanol–water partition coefficient (Wildman–Crippen LogP) is 4.75. The summed E-state index contributed by atoms with van der Waals surface area (Å²) in [4.78, 5) is 29.2. The molecule has 4 aromatic rings. The Morgan fingerprint density at radius 3 is 2.40 bits per heavy atom. The van der Waals surface area contributed by atoms with Crippen molar-refractivity contribution in [2.45, 2.75) is 19.1 Å². The molecule has 0 bridgehead atoms. The minimum atomic E-state index is -4.91. The lowest BCUT2D eigenvalue weighted by molar-refractivity contribution is -0.274. The zero-order chi connectivity index (χ0) is 29.1.